The van der Waals surface area contributed by atoms with Gasteiger partial charge in [0.2, 0.25) is 5.82 Å². The third-order valence-electron chi connectivity index (χ3n) is 3.41. The van der Waals surface area contributed by atoms with Gasteiger partial charge in [0.25, 0.3) is 5.89 Å². The van der Waals surface area contributed by atoms with Crippen molar-refractivity contribution in [2.24, 2.45) is 0 Å². The van der Waals surface area contributed by atoms with Gasteiger partial charge in [-0.3, -0.25) is 4.98 Å². The fourth-order valence-electron chi connectivity index (χ4n) is 2.28. The first kappa shape index (κ1) is 12.1. The summed E-state index contributed by atoms with van der Waals surface area (Å²) < 4.78 is 5.39. The number of hydrogen-bond donors (Lipinski definition) is 0. The van der Waals surface area contributed by atoms with E-state index in [9.17, 15) is 0 Å². The predicted octanol–water partition coefficient (Wildman–Crippen LogP) is 3.79. The minimum Gasteiger partial charge on any atom is -0.334 e. The van der Waals surface area contributed by atoms with Crippen molar-refractivity contribution in [3.8, 4) is 11.4 Å². The summed E-state index contributed by atoms with van der Waals surface area (Å²) in [6, 6.07) is 3.93. The Morgan fingerprint density at radius 3 is 2.95 bits per heavy atom. The van der Waals surface area contributed by atoms with Crippen LogP contribution in [0.1, 0.15) is 43.7 Å². The van der Waals surface area contributed by atoms with Crippen molar-refractivity contribution in [1.29, 1.82) is 0 Å². The molecule has 0 fully saturated rings. The van der Waals surface area contributed by atoms with E-state index in [0.717, 1.165) is 24.1 Å². The van der Waals surface area contributed by atoms with E-state index in [1.54, 1.807) is 6.20 Å². The molecule has 0 unspecified atom stereocenters. The number of aryl methyl sites for hydroxylation is 1. The molecule has 19 heavy (non-hydrogen) atoms. The summed E-state index contributed by atoms with van der Waals surface area (Å²) in [5, 5.41) is 4.05. The fourth-order valence-corrected chi connectivity index (χ4v) is 2.28. The summed E-state index contributed by atoms with van der Waals surface area (Å²) in [6.07, 6.45) is 9.90. The number of pyridine rings is 1. The van der Waals surface area contributed by atoms with Crippen molar-refractivity contribution in [2.45, 2.75) is 39.0 Å². The lowest BCUT2D eigenvalue weighted by Gasteiger charge is -1.97. The van der Waals surface area contributed by atoms with Crippen molar-refractivity contribution in [2.75, 3.05) is 0 Å². The van der Waals surface area contributed by atoms with Gasteiger partial charge in [0.1, 0.15) is 0 Å². The van der Waals surface area contributed by atoms with E-state index in [1.165, 1.54) is 24.8 Å². The van der Waals surface area contributed by atoms with Gasteiger partial charge in [-0.25, -0.2) is 0 Å². The van der Waals surface area contributed by atoms with Gasteiger partial charge >= 0.3 is 0 Å². The highest BCUT2D eigenvalue weighted by Gasteiger charge is 2.14. The van der Waals surface area contributed by atoms with Crippen molar-refractivity contribution in [3.63, 3.8) is 0 Å². The minimum atomic E-state index is 0.618. The first-order valence-electron chi connectivity index (χ1n) is 6.79. The molecule has 2 aromatic rings. The van der Waals surface area contributed by atoms with Gasteiger partial charge in [0, 0.05) is 23.0 Å². The minimum absolute atomic E-state index is 0.618. The van der Waals surface area contributed by atoms with Crippen LogP contribution in [0.4, 0.5) is 0 Å². The van der Waals surface area contributed by atoms with Crippen LogP contribution >= 0.6 is 0 Å². The van der Waals surface area contributed by atoms with Crippen LogP contribution in [0.25, 0.3) is 17.0 Å². The molecule has 0 saturated heterocycles. The Bertz CT molecular complexity index is 584. The van der Waals surface area contributed by atoms with Gasteiger partial charge in [0.05, 0.1) is 0 Å². The number of rotatable bonds is 2. The molecule has 0 bridgehead atoms. The van der Waals surface area contributed by atoms with E-state index in [1.807, 2.05) is 19.1 Å². The molecule has 0 atom stereocenters. The zero-order valence-electron chi connectivity index (χ0n) is 11.1. The van der Waals surface area contributed by atoms with Crippen molar-refractivity contribution >= 4 is 5.57 Å². The van der Waals surface area contributed by atoms with Crippen LogP contribution < -0.4 is 0 Å². The highest BCUT2D eigenvalue weighted by molar-refractivity contribution is 5.61. The second-order valence-electron chi connectivity index (χ2n) is 4.94. The van der Waals surface area contributed by atoms with Crippen LogP contribution in [0, 0.1) is 6.92 Å². The maximum absolute atomic E-state index is 5.39. The highest BCUT2D eigenvalue weighted by atomic mass is 16.5. The third-order valence-corrected chi connectivity index (χ3v) is 3.41. The standard InChI is InChI=1S/C15H17N3O/c1-11-8-9-13(10-16-11)14-17-15(19-18-14)12-6-4-2-3-5-7-12/h6,8-10H,2-5,7H2,1H3. The van der Waals surface area contributed by atoms with Crippen molar-refractivity contribution < 1.29 is 4.52 Å². The smallest absolute Gasteiger partial charge is 0.253 e. The summed E-state index contributed by atoms with van der Waals surface area (Å²) >= 11 is 0. The predicted molar refractivity (Wildman–Crippen MR) is 73.3 cm³/mol. The molecular formula is C15H17N3O. The van der Waals surface area contributed by atoms with Crippen LogP contribution in [0.5, 0.6) is 0 Å². The second kappa shape index (κ2) is 5.34. The molecular weight excluding hydrogens is 238 g/mol. The summed E-state index contributed by atoms with van der Waals surface area (Å²) in [5.41, 5.74) is 3.07. The van der Waals surface area contributed by atoms with Crippen LogP contribution in [0.3, 0.4) is 0 Å². The molecule has 4 nitrogen and oxygen atoms in total. The monoisotopic (exact) mass is 255 g/mol. The molecule has 3 rings (SSSR count). The fraction of sp³-hybridized carbons (Fsp3) is 0.400. The topological polar surface area (TPSA) is 51.8 Å². The Hall–Kier alpha value is -1.97. The van der Waals surface area contributed by atoms with Gasteiger partial charge < -0.3 is 4.52 Å². The molecule has 0 aromatic carbocycles. The van der Waals surface area contributed by atoms with Crippen molar-refractivity contribution in [3.05, 3.63) is 36.0 Å². The molecule has 0 N–H and O–H groups in total. The van der Waals surface area contributed by atoms with E-state index in [4.69, 9.17) is 4.52 Å². The lowest BCUT2D eigenvalue weighted by molar-refractivity contribution is 0.406. The zero-order valence-corrected chi connectivity index (χ0v) is 11.1. The van der Waals surface area contributed by atoms with E-state index < -0.39 is 0 Å². The molecule has 1 aliphatic rings. The van der Waals surface area contributed by atoms with Crippen LogP contribution in [-0.2, 0) is 0 Å². The lowest BCUT2D eigenvalue weighted by atomic mass is 10.1. The normalized spacial score (nSPS) is 15.9. The summed E-state index contributed by atoms with van der Waals surface area (Å²) in [7, 11) is 0. The average molecular weight is 255 g/mol. The Kier molecular flexibility index (Phi) is 3.40. The number of hydrogen-bond acceptors (Lipinski definition) is 4. The van der Waals surface area contributed by atoms with Crippen molar-refractivity contribution in [1.82, 2.24) is 15.1 Å². The van der Waals surface area contributed by atoms with Crippen LogP contribution in [0.15, 0.2) is 28.9 Å². The molecule has 2 heterocycles. The Balaban J connectivity index is 1.86. The van der Waals surface area contributed by atoms with E-state index >= 15 is 0 Å². The molecule has 0 saturated carbocycles. The highest BCUT2D eigenvalue weighted by Crippen LogP contribution is 2.26. The Morgan fingerprint density at radius 2 is 2.11 bits per heavy atom. The van der Waals surface area contributed by atoms with E-state index in [-0.39, 0.29) is 0 Å². The zero-order chi connectivity index (χ0) is 13.1. The third kappa shape index (κ3) is 2.72. The quantitative estimate of drug-likeness (QED) is 0.819. The Morgan fingerprint density at radius 1 is 1.16 bits per heavy atom. The molecule has 1 aliphatic carbocycles. The maximum Gasteiger partial charge on any atom is 0.253 e. The number of allylic oxidation sites excluding steroid dienone is 2. The summed E-state index contributed by atoms with van der Waals surface area (Å²) in [5.74, 6) is 1.28. The summed E-state index contributed by atoms with van der Waals surface area (Å²) in [6.45, 7) is 1.96. The summed E-state index contributed by atoms with van der Waals surface area (Å²) in [4.78, 5) is 8.75. The second-order valence-corrected chi connectivity index (χ2v) is 4.94. The molecule has 2 aromatic heterocycles. The molecule has 0 spiro atoms. The molecule has 98 valence electrons. The molecule has 0 radical (unpaired) electrons. The number of aromatic nitrogens is 3. The van der Waals surface area contributed by atoms with Crippen LogP contribution in [-0.4, -0.2) is 15.1 Å². The van der Waals surface area contributed by atoms with Gasteiger partial charge in [0.15, 0.2) is 0 Å². The SMILES string of the molecule is Cc1ccc(-c2noc(C3=CCCCCC3)n2)cn1. The van der Waals surface area contributed by atoms with E-state index in [0.29, 0.717) is 11.7 Å². The molecule has 4 heteroatoms. The van der Waals surface area contributed by atoms with Gasteiger partial charge in [-0.1, -0.05) is 17.7 Å². The molecule has 0 amide bonds. The maximum atomic E-state index is 5.39. The van der Waals surface area contributed by atoms with Crippen LogP contribution in [0.2, 0.25) is 0 Å². The first-order valence-corrected chi connectivity index (χ1v) is 6.79. The lowest BCUT2D eigenvalue weighted by Crippen LogP contribution is -1.86. The number of nitrogens with zero attached hydrogens (tertiary/aromatic N) is 3. The average Bonchev–Trinajstić information content (AvgIpc) is 2.76. The van der Waals surface area contributed by atoms with Gasteiger partial charge in [-0.15, -0.1) is 0 Å². The van der Waals surface area contributed by atoms with E-state index in [2.05, 4.69) is 21.2 Å². The first-order chi connectivity index (χ1) is 9.33. The Labute approximate surface area is 112 Å². The molecule has 0 aliphatic heterocycles. The van der Waals surface area contributed by atoms with Gasteiger partial charge in [-0.2, -0.15) is 4.98 Å². The van der Waals surface area contributed by atoms with Gasteiger partial charge in [-0.05, 0) is 44.7 Å². The largest absolute Gasteiger partial charge is 0.334 e.